The highest BCUT2D eigenvalue weighted by molar-refractivity contribution is 6.10. The van der Waals surface area contributed by atoms with Crippen molar-refractivity contribution in [1.29, 1.82) is 5.26 Å². The second-order valence-electron chi connectivity index (χ2n) is 6.04. The van der Waals surface area contributed by atoms with E-state index < -0.39 is 5.91 Å². The number of carbonyl (C=O) groups is 1. The van der Waals surface area contributed by atoms with Crippen molar-refractivity contribution in [3.8, 4) is 23.3 Å². The van der Waals surface area contributed by atoms with Gasteiger partial charge in [-0.25, -0.2) is 0 Å². The summed E-state index contributed by atoms with van der Waals surface area (Å²) in [4.78, 5) is 12.6. The molecule has 0 aliphatic rings. The van der Waals surface area contributed by atoms with Crippen LogP contribution in [0.4, 0.5) is 5.69 Å². The number of nitriles is 1. The molecule has 3 rings (SSSR count). The van der Waals surface area contributed by atoms with Crippen LogP contribution in [0.2, 0.25) is 0 Å². The molecule has 0 atom stereocenters. The lowest BCUT2D eigenvalue weighted by Crippen LogP contribution is -2.14. The average molecular weight is 384 g/mol. The Labute approximate surface area is 169 Å². The SMILES string of the molecule is CCOc1ccc(/C=C(\C#N)C(=O)Nc2ccccc2Oc2ccccc2)cc1. The lowest BCUT2D eigenvalue weighted by Gasteiger charge is -2.12. The molecule has 0 heterocycles. The number of para-hydroxylation sites is 3. The molecule has 1 amide bonds. The van der Waals surface area contributed by atoms with Gasteiger partial charge in [0.15, 0.2) is 5.75 Å². The first-order valence-corrected chi connectivity index (χ1v) is 9.17. The quantitative estimate of drug-likeness (QED) is 0.436. The van der Waals surface area contributed by atoms with Crippen LogP contribution in [0.25, 0.3) is 6.08 Å². The largest absolute Gasteiger partial charge is 0.494 e. The summed E-state index contributed by atoms with van der Waals surface area (Å²) < 4.78 is 11.2. The Morgan fingerprint density at radius 2 is 1.66 bits per heavy atom. The second-order valence-corrected chi connectivity index (χ2v) is 6.04. The molecule has 0 fully saturated rings. The zero-order valence-corrected chi connectivity index (χ0v) is 16.0. The monoisotopic (exact) mass is 384 g/mol. The van der Waals surface area contributed by atoms with E-state index >= 15 is 0 Å². The van der Waals surface area contributed by atoms with Crippen LogP contribution in [-0.2, 0) is 4.79 Å². The van der Waals surface area contributed by atoms with Crippen molar-refractivity contribution >= 4 is 17.7 Å². The molecule has 3 aromatic carbocycles. The molecule has 0 spiro atoms. The van der Waals surface area contributed by atoms with Gasteiger partial charge in [-0.15, -0.1) is 0 Å². The van der Waals surface area contributed by atoms with E-state index in [-0.39, 0.29) is 5.57 Å². The fraction of sp³-hybridized carbons (Fsp3) is 0.0833. The number of benzene rings is 3. The molecule has 1 N–H and O–H groups in total. The van der Waals surface area contributed by atoms with Gasteiger partial charge in [0.25, 0.3) is 5.91 Å². The van der Waals surface area contributed by atoms with Crippen LogP contribution in [0.3, 0.4) is 0 Å². The molecular formula is C24H20N2O3. The summed E-state index contributed by atoms with van der Waals surface area (Å²) in [5.41, 5.74) is 1.20. The van der Waals surface area contributed by atoms with E-state index in [1.54, 1.807) is 42.5 Å². The Balaban J connectivity index is 1.77. The van der Waals surface area contributed by atoms with E-state index in [4.69, 9.17) is 9.47 Å². The lowest BCUT2D eigenvalue weighted by molar-refractivity contribution is -0.112. The van der Waals surface area contributed by atoms with Crippen LogP contribution >= 0.6 is 0 Å². The van der Waals surface area contributed by atoms with Crippen LogP contribution < -0.4 is 14.8 Å². The second kappa shape index (κ2) is 9.77. The minimum Gasteiger partial charge on any atom is -0.494 e. The minimum absolute atomic E-state index is 0.0105. The van der Waals surface area contributed by atoms with Crippen molar-refractivity contribution in [3.63, 3.8) is 0 Å². The number of ether oxygens (including phenoxy) is 2. The maximum Gasteiger partial charge on any atom is 0.266 e. The fourth-order valence-electron chi connectivity index (χ4n) is 2.61. The molecule has 0 aromatic heterocycles. The highest BCUT2D eigenvalue weighted by atomic mass is 16.5. The van der Waals surface area contributed by atoms with Gasteiger partial charge in [0.2, 0.25) is 0 Å². The number of nitrogens with zero attached hydrogens (tertiary/aromatic N) is 1. The van der Waals surface area contributed by atoms with Gasteiger partial charge in [-0.3, -0.25) is 4.79 Å². The standard InChI is InChI=1S/C24H20N2O3/c1-2-28-20-14-12-18(13-15-20)16-19(17-25)24(27)26-22-10-6-7-11-23(22)29-21-8-4-3-5-9-21/h3-16H,2H2,1H3,(H,26,27)/b19-16+. The summed E-state index contributed by atoms with van der Waals surface area (Å²) in [5.74, 6) is 1.37. The normalized spacial score (nSPS) is 10.7. The highest BCUT2D eigenvalue weighted by Gasteiger charge is 2.13. The van der Waals surface area contributed by atoms with Crippen LogP contribution in [0, 0.1) is 11.3 Å². The van der Waals surface area contributed by atoms with Gasteiger partial charge in [-0.2, -0.15) is 5.26 Å². The number of anilines is 1. The molecule has 3 aromatic rings. The first kappa shape index (κ1) is 19.7. The van der Waals surface area contributed by atoms with E-state index in [2.05, 4.69) is 5.32 Å². The Bertz CT molecular complexity index is 1040. The molecule has 144 valence electrons. The molecular weight excluding hydrogens is 364 g/mol. The average Bonchev–Trinajstić information content (AvgIpc) is 2.75. The molecule has 0 saturated carbocycles. The van der Waals surface area contributed by atoms with Gasteiger partial charge in [-0.1, -0.05) is 42.5 Å². The third-order valence-electron chi connectivity index (χ3n) is 3.97. The van der Waals surface area contributed by atoms with Crippen LogP contribution in [-0.4, -0.2) is 12.5 Å². The van der Waals surface area contributed by atoms with Gasteiger partial charge >= 0.3 is 0 Å². The molecule has 0 unspecified atom stereocenters. The van der Waals surface area contributed by atoms with Crippen molar-refractivity contribution in [3.05, 3.63) is 90.0 Å². The maximum atomic E-state index is 12.6. The highest BCUT2D eigenvalue weighted by Crippen LogP contribution is 2.29. The van der Waals surface area contributed by atoms with E-state index in [9.17, 15) is 10.1 Å². The van der Waals surface area contributed by atoms with Gasteiger partial charge in [-0.05, 0) is 55.0 Å². The topological polar surface area (TPSA) is 71.3 Å². The summed E-state index contributed by atoms with van der Waals surface area (Å²) in [6, 6.07) is 25.5. The third-order valence-corrected chi connectivity index (χ3v) is 3.97. The van der Waals surface area contributed by atoms with Gasteiger partial charge in [0.05, 0.1) is 12.3 Å². The number of hydrogen-bond donors (Lipinski definition) is 1. The smallest absolute Gasteiger partial charge is 0.266 e. The number of hydrogen-bond acceptors (Lipinski definition) is 4. The number of carbonyl (C=O) groups excluding carboxylic acids is 1. The molecule has 0 aliphatic carbocycles. The van der Waals surface area contributed by atoms with Crippen LogP contribution in [0.5, 0.6) is 17.2 Å². The minimum atomic E-state index is -0.509. The summed E-state index contributed by atoms with van der Waals surface area (Å²) in [6.07, 6.45) is 1.53. The molecule has 0 bridgehead atoms. The van der Waals surface area contributed by atoms with E-state index in [0.29, 0.717) is 23.8 Å². The van der Waals surface area contributed by atoms with Crippen molar-refractivity contribution in [2.45, 2.75) is 6.92 Å². The molecule has 0 aliphatic heterocycles. The molecule has 0 radical (unpaired) electrons. The number of nitrogens with one attached hydrogen (secondary N) is 1. The predicted molar refractivity (Wildman–Crippen MR) is 113 cm³/mol. The van der Waals surface area contributed by atoms with Crippen LogP contribution in [0.15, 0.2) is 84.4 Å². The number of amides is 1. The Morgan fingerprint density at radius 3 is 2.34 bits per heavy atom. The molecule has 5 nitrogen and oxygen atoms in total. The third kappa shape index (κ3) is 5.47. The van der Waals surface area contributed by atoms with E-state index in [1.165, 1.54) is 6.08 Å². The first-order valence-electron chi connectivity index (χ1n) is 9.17. The predicted octanol–water partition coefficient (Wildman–Crippen LogP) is 5.42. The van der Waals surface area contributed by atoms with E-state index in [1.807, 2.05) is 49.4 Å². The maximum absolute atomic E-state index is 12.6. The van der Waals surface area contributed by atoms with Crippen molar-refractivity contribution < 1.29 is 14.3 Å². The summed E-state index contributed by atoms with van der Waals surface area (Å²) >= 11 is 0. The van der Waals surface area contributed by atoms with E-state index in [0.717, 1.165) is 11.3 Å². The first-order chi connectivity index (χ1) is 14.2. The summed E-state index contributed by atoms with van der Waals surface area (Å²) in [7, 11) is 0. The Kier molecular flexibility index (Phi) is 6.64. The summed E-state index contributed by atoms with van der Waals surface area (Å²) in [5, 5.41) is 12.2. The zero-order chi connectivity index (χ0) is 20.5. The van der Waals surface area contributed by atoms with Crippen LogP contribution in [0.1, 0.15) is 12.5 Å². The van der Waals surface area contributed by atoms with Gasteiger partial charge in [0, 0.05) is 0 Å². The van der Waals surface area contributed by atoms with Crippen molar-refractivity contribution in [2.24, 2.45) is 0 Å². The molecule has 5 heteroatoms. The van der Waals surface area contributed by atoms with Crippen molar-refractivity contribution in [2.75, 3.05) is 11.9 Å². The number of rotatable bonds is 7. The lowest BCUT2D eigenvalue weighted by atomic mass is 10.1. The zero-order valence-electron chi connectivity index (χ0n) is 16.0. The summed E-state index contributed by atoms with van der Waals surface area (Å²) in [6.45, 7) is 2.48. The van der Waals surface area contributed by atoms with Gasteiger partial charge < -0.3 is 14.8 Å². The van der Waals surface area contributed by atoms with Gasteiger partial charge in [0.1, 0.15) is 23.1 Å². The Morgan fingerprint density at radius 1 is 0.966 bits per heavy atom. The molecule has 0 saturated heterocycles. The Hall–Kier alpha value is -4.04. The molecule has 29 heavy (non-hydrogen) atoms. The fourth-order valence-corrected chi connectivity index (χ4v) is 2.61. The van der Waals surface area contributed by atoms with Crippen molar-refractivity contribution in [1.82, 2.24) is 0 Å².